The Labute approximate surface area is 114 Å². The van der Waals surface area contributed by atoms with Gasteiger partial charge in [-0.25, -0.2) is 5.43 Å². The number of aromatic nitrogens is 2. The molecule has 18 heavy (non-hydrogen) atoms. The highest BCUT2D eigenvalue weighted by atomic mass is 79.9. The highest BCUT2D eigenvalue weighted by molar-refractivity contribution is 9.10. The van der Waals surface area contributed by atoms with Crippen molar-refractivity contribution in [1.82, 2.24) is 15.2 Å². The van der Waals surface area contributed by atoms with E-state index in [0.29, 0.717) is 5.75 Å². The number of ether oxygens (including phenoxy) is 1. The van der Waals surface area contributed by atoms with Crippen molar-refractivity contribution in [3.8, 4) is 5.75 Å². The highest BCUT2D eigenvalue weighted by Crippen LogP contribution is 2.29. The molecule has 0 radical (unpaired) electrons. The molecule has 1 atom stereocenters. The zero-order valence-electron chi connectivity index (χ0n) is 10.2. The molecule has 6 heteroatoms. The molecule has 0 amide bonds. The van der Waals surface area contributed by atoms with E-state index in [1.54, 1.807) is 18.0 Å². The van der Waals surface area contributed by atoms with Crippen molar-refractivity contribution in [2.45, 2.75) is 6.04 Å². The van der Waals surface area contributed by atoms with Crippen LogP contribution >= 0.6 is 15.9 Å². The standard InChI is InChI=1S/C12H15BrN4O/c1-17-12(10(18-2)7-15-17)11(16-14)8-3-5-9(13)6-4-8/h3-7,11,16H,14H2,1-2H3. The Morgan fingerprint density at radius 3 is 2.61 bits per heavy atom. The minimum Gasteiger partial charge on any atom is -0.493 e. The Morgan fingerprint density at radius 1 is 1.39 bits per heavy atom. The van der Waals surface area contributed by atoms with Gasteiger partial charge in [0.2, 0.25) is 0 Å². The summed E-state index contributed by atoms with van der Waals surface area (Å²) in [6.07, 6.45) is 1.68. The topological polar surface area (TPSA) is 65.1 Å². The summed E-state index contributed by atoms with van der Waals surface area (Å²) >= 11 is 3.41. The lowest BCUT2D eigenvalue weighted by Crippen LogP contribution is -2.30. The summed E-state index contributed by atoms with van der Waals surface area (Å²) < 4.78 is 8.09. The fourth-order valence-electron chi connectivity index (χ4n) is 1.90. The van der Waals surface area contributed by atoms with Crippen LogP contribution in [0.4, 0.5) is 0 Å². The lowest BCUT2D eigenvalue weighted by molar-refractivity contribution is 0.401. The molecule has 1 aromatic carbocycles. The third-order valence-corrected chi connectivity index (χ3v) is 3.34. The lowest BCUT2D eigenvalue weighted by atomic mass is 10.0. The number of halogens is 1. The average Bonchev–Trinajstić information content (AvgIpc) is 2.74. The SMILES string of the molecule is COc1cnn(C)c1C(NN)c1ccc(Br)cc1. The Kier molecular flexibility index (Phi) is 4.00. The molecule has 1 aromatic heterocycles. The van der Waals surface area contributed by atoms with E-state index in [4.69, 9.17) is 10.6 Å². The summed E-state index contributed by atoms with van der Waals surface area (Å²) in [5.41, 5.74) is 4.73. The average molecular weight is 311 g/mol. The van der Waals surface area contributed by atoms with Crippen LogP contribution in [0, 0.1) is 0 Å². The monoisotopic (exact) mass is 310 g/mol. The fraction of sp³-hybridized carbons (Fsp3) is 0.250. The van der Waals surface area contributed by atoms with E-state index < -0.39 is 0 Å². The normalized spacial score (nSPS) is 12.4. The first kappa shape index (κ1) is 13.1. The minimum atomic E-state index is -0.166. The van der Waals surface area contributed by atoms with Crippen molar-refractivity contribution in [3.63, 3.8) is 0 Å². The second-order valence-electron chi connectivity index (χ2n) is 3.87. The minimum absolute atomic E-state index is 0.166. The molecule has 2 rings (SSSR count). The van der Waals surface area contributed by atoms with Crippen LogP contribution in [0.15, 0.2) is 34.9 Å². The molecule has 1 unspecified atom stereocenters. The molecule has 0 aliphatic heterocycles. The Morgan fingerprint density at radius 2 is 2.06 bits per heavy atom. The van der Waals surface area contributed by atoms with Crippen LogP contribution in [0.5, 0.6) is 5.75 Å². The van der Waals surface area contributed by atoms with Gasteiger partial charge in [0.1, 0.15) is 5.69 Å². The van der Waals surface area contributed by atoms with E-state index in [-0.39, 0.29) is 6.04 Å². The van der Waals surface area contributed by atoms with E-state index in [2.05, 4.69) is 26.5 Å². The Balaban J connectivity index is 2.44. The van der Waals surface area contributed by atoms with Gasteiger partial charge in [0.15, 0.2) is 5.75 Å². The summed E-state index contributed by atoms with van der Waals surface area (Å²) in [5, 5.41) is 4.19. The maximum atomic E-state index is 5.67. The van der Waals surface area contributed by atoms with Gasteiger partial charge >= 0.3 is 0 Å². The number of methoxy groups -OCH3 is 1. The number of hydrogen-bond donors (Lipinski definition) is 2. The molecule has 5 nitrogen and oxygen atoms in total. The number of nitrogens with zero attached hydrogens (tertiary/aromatic N) is 2. The van der Waals surface area contributed by atoms with Gasteiger partial charge in [-0.15, -0.1) is 0 Å². The maximum absolute atomic E-state index is 5.67. The third-order valence-electron chi connectivity index (χ3n) is 2.81. The number of nitrogens with two attached hydrogens (primary N) is 1. The summed E-state index contributed by atoms with van der Waals surface area (Å²) in [4.78, 5) is 0. The van der Waals surface area contributed by atoms with E-state index in [0.717, 1.165) is 15.7 Å². The maximum Gasteiger partial charge on any atom is 0.161 e. The summed E-state index contributed by atoms with van der Waals surface area (Å²) in [7, 11) is 3.48. The van der Waals surface area contributed by atoms with Crippen molar-refractivity contribution in [1.29, 1.82) is 0 Å². The second kappa shape index (κ2) is 5.51. The smallest absolute Gasteiger partial charge is 0.161 e. The molecule has 3 N–H and O–H groups in total. The van der Waals surface area contributed by atoms with Crippen molar-refractivity contribution in [2.75, 3.05) is 7.11 Å². The van der Waals surface area contributed by atoms with Crippen LogP contribution in [-0.4, -0.2) is 16.9 Å². The molecule has 0 spiro atoms. The quantitative estimate of drug-likeness (QED) is 0.667. The number of hydrazine groups is 1. The first-order valence-corrected chi connectivity index (χ1v) is 6.24. The highest BCUT2D eigenvalue weighted by Gasteiger charge is 2.21. The Bertz CT molecular complexity index is 523. The molecule has 0 bridgehead atoms. The number of benzene rings is 1. The number of aryl methyl sites for hydroxylation is 1. The molecule has 2 aromatic rings. The summed E-state index contributed by atoms with van der Waals surface area (Å²) in [5.74, 6) is 6.38. The second-order valence-corrected chi connectivity index (χ2v) is 4.79. The van der Waals surface area contributed by atoms with Crippen LogP contribution in [0.1, 0.15) is 17.3 Å². The van der Waals surface area contributed by atoms with Gasteiger partial charge in [-0.3, -0.25) is 10.5 Å². The molecular formula is C12H15BrN4O. The van der Waals surface area contributed by atoms with Crippen LogP contribution in [0.2, 0.25) is 0 Å². The van der Waals surface area contributed by atoms with Crippen molar-refractivity contribution in [3.05, 3.63) is 46.2 Å². The van der Waals surface area contributed by atoms with E-state index >= 15 is 0 Å². The van der Waals surface area contributed by atoms with E-state index in [9.17, 15) is 0 Å². The van der Waals surface area contributed by atoms with Gasteiger partial charge in [0.05, 0.1) is 19.3 Å². The molecular weight excluding hydrogens is 296 g/mol. The predicted molar refractivity (Wildman–Crippen MR) is 73.1 cm³/mol. The molecule has 0 aliphatic carbocycles. The number of nitrogens with one attached hydrogen (secondary N) is 1. The molecule has 0 aliphatic rings. The van der Waals surface area contributed by atoms with Crippen molar-refractivity contribution >= 4 is 15.9 Å². The molecule has 96 valence electrons. The molecule has 0 saturated heterocycles. The van der Waals surface area contributed by atoms with Crippen LogP contribution in [0.25, 0.3) is 0 Å². The molecule has 0 fully saturated rings. The number of hydrogen-bond acceptors (Lipinski definition) is 4. The van der Waals surface area contributed by atoms with E-state index in [1.165, 1.54) is 0 Å². The Hall–Kier alpha value is -1.37. The molecule has 0 saturated carbocycles. The van der Waals surface area contributed by atoms with E-state index in [1.807, 2.05) is 31.3 Å². The zero-order valence-corrected chi connectivity index (χ0v) is 11.8. The predicted octanol–water partition coefficient (Wildman–Crippen LogP) is 1.74. The van der Waals surface area contributed by atoms with Crippen molar-refractivity contribution < 1.29 is 4.74 Å². The van der Waals surface area contributed by atoms with Gasteiger partial charge in [-0.1, -0.05) is 28.1 Å². The first-order chi connectivity index (χ1) is 8.67. The largest absolute Gasteiger partial charge is 0.493 e. The van der Waals surface area contributed by atoms with Gasteiger partial charge in [0, 0.05) is 11.5 Å². The van der Waals surface area contributed by atoms with Crippen LogP contribution < -0.4 is 16.0 Å². The van der Waals surface area contributed by atoms with Gasteiger partial charge in [-0.2, -0.15) is 5.10 Å². The zero-order chi connectivity index (χ0) is 13.1. The lowest BCUT2D eigenvalue weighted by Gasteiger charge is -2.18. The summed E-state index contributed by atoms with van der Waals surface area (Å²) in [6, 6.07) is 7.79. The number of rotatable bonds is 4. The van der Waals surface area contributed by atoms with Crippen LogP contribution in [0.3, 0.4) is 0 Å². The van der Waals surface area contributed by atoms with Gasteiger partial charge < -0.3 is 4.74 Å². The fourth-order valence-corrected chi connectivity index (χ4v) is 2.17. The molecule has 1 heterocycles. The van der Waals surface area contributed by atoms with Gasteiger partial charge in [-0.05, 0) is 17.7 Å². The van der Waals surface area contributed by atoms with Gasteiger partial charge in [0.25, 0.3) is 0 Å². The summed E-state index contributed by atoms with van der Waals surface area (Å²) in [6.45, 7) is 0. The third kappa shape index (κ3) is 2.40. The van der Waals surface area contributed by atoms with Crippen LogP contribution in [-0.2, 0) is 7.05 Å². The first-order valence-electron chi connectivity index (χ1n) is 5.45. The van der Waals surface area contributed by atoms with Crippen molar-refractivity contribution in [2.24, 2.45) is 12.9 Å².